The fourth-order valence-corrected chi connectivity index (χ4v) is 2.08. The normalized spacial score (nSPS) is 10.1. The summed E-state index contributed by atoms with van der Waals surface area (Å²) in [6.07, 6.45) is 0. The minimum atomic E-state index is 0.565. The van der Waals surface area contributed by atoms with Gasteiger partial charge in [-0.25, -0.2) is 0 Å². The lowest BCUT2D eigenvalue weighted by molar-refractivity contribution is 0.324. The SMILES string of the molecule is COc1cc(Nc2cc(N)ccc2C)cc(OC)c1OC. The Kier molecular flexibility index (Phi) is 4.42. The lowest BCUT2D eigenvalue weighted by Crippen LogP contribution is -1.99. The second kappa shape index (κ2) is 6.26. The molecule has 0 aliphatic heterocycles. The van der Waals surface area contributed by atoms with Crippen LogP contribution in [0.3, 0.4) is 0 Å². The number of hydrogen-bond donors (Lipinski definition) is 2. The van der Waals surface area contributed by atoms with Gasteiger partial charge in [0.05, 0.1) is 21.3 Å². The van der Waals surface area contributed by atoms with Crippen molar-refractivity contribution in [3.05, 3.63) is 35.9 Å². The van der Waals surface area contributed by atoms with Gasteiger partial charge in [-0.05, 0) is 24.6 Å². The molecule has 2 aromatic rings. The molecule has 0 heterocycles. The Morgan fingerprint density at radius 2 is 1.52 bits per heavy atom. The molecular weight excluding hydrogens is 268 g/mol. The zero-order valence-corrected chi connectivity index (χ0v) is 12.7. The third kappa shape index (κ3) is 3.13. The van der Waals surface area contributed by atoms with Gasteiger partial charge >= 0.3 is 0 Å². The highest BCUT2D eigenvalue weighted by atomic mass is 16.5. The van der Waals surface area contributed by atoms with E-state index in [4.69, 9.17) is 19.9 Å². The van der Waals surface area contributed by atoms with E-state index < -0.39 is 0 Å². The molecule has 0 aliphatic carbocycles. The molecule has 0 fully saturated rings. The Hall–Kier alpha value is -2.56. The predicted octanol–water partition coefficient (Wildman–Crippen LogP) is 3.35. The molecule has 2 aromatic carbocycles. The molecule has 3 N–H and O–H groups in total. The van der Waals surface area contributed by atoms with Crippen LogP contribution < -0.4 is 25.3 Å². The van der Waals surface area contributed by atoms with Crippen molar-refractivity contribution < 1.29 is 14.2 Å². The van der Waals surface area contributed by atoms with Crippen LogP contribution in [0, 0.1) is 6.92 Å². The molecule has 0 bridgehead atoms. The van der Waals surface area contributed by atoms with Gasteiger partial charge in [0.1, 0.15) is 0 Å². The Morgan fingerprint density at radius 3 is 2.05 bits per heavy atom. The van der Waals surface area contributed by atoms with E-state index in [-0.39, 0.29) is 0 Å². The van der Waals surface area contributed by atoms with Gasteiger partial charge in [0, 0.05) is 29.2 Å². The molecule has 0 saturated carbocycles. The molecule has 0 amide bonds. The summed E-state index contributed by atoms with van der Waals surface area (Å²) >= 11 is 0. The van der Waals surface area contributed by atoms with Crippen LogP contribution in [0.4, 0.5) is 17.1 Å². The molecule has 0 aromatic heterocycles. The molecular formula is C16H20N2O3. The van der Waals surface area contributed by atoms with E-state index in [0.29, 0.717) is 22.9 Å². The van der Waals surface area contributed by atoms with Gasteiger partial charge in [-0.15, -0.1) is 0 Å². The van der Waals surface area contributed by atoms with E-state index in [9.17, 15) is 0 Å². The molecule has 0 unspecified atom stereocenters. The zero-order chi connectivity index (χ0) is 15.4. The van der Waals surface area contributed by atoms with Crippen LogP contribution in [-0.2, 0) is 0 Å². The van der Waals surface area contributed by atoms with Crippen LogP contribution in [0.5, 0.6) is 17.2 Å². The molecule has 112 valence electrons. The van der Waals surface area contributed by atoms with E-state index >= 15 is 0 Å². The number of aryl methyl sites for hydroxylation is 1. The van der Waals surface area contributed by atoms with Crippen molar-refractivity contribution in [1.82, 2.24) is 0 Å². The minimum absolute atomic E-state index is 0.565. The third-order valence-corrected chi connectivity index (χ3v) is 3.21. The van der Waals surface area contributed by atoms with Gasteiger partial charge in [-0.1, -0.05) is 6.07 Å². The van der Waals surface area contributed by atoms with Gasteiger partial charge in [0.15, 0.2) is 11.5 Å². The highest BCUT2D eigenvalue weighted by Gasteiger charge is 2.13. The second-order valence-corrected chi connectivity index (χ2v) is 4.61. The largest absolute Gasteiger partial charge is 0.493 e. The standard InChI is InChI=1S/C16H20N2O3/c1-10-5-6-11(17)7-13(10)18-12-8-14(19-2)16(21-4)15(9-12)20-3/h5-9,18H,17H2,1-4H3. The van der Waals surface area contributed by atoms with Crippen LogP contribution >= 0.6 is 0 Å². The fourth-order valence-electron chi connectivity index (χ4n) is 2.08. The summed E-state index contributed by atoms with van der Waals surface area (Å²) in [5.41, 5.74) is 9.40. The van der Waals surface area contributed by atoms with Gasteiger partial charge in [-0.2, -0.15) is 0 Å². The number of rotatable bonds is 5. The van der Waals surface area contributed by atoms with Gasteiger partial charge in [-0.3, -0.25) is 0 Å². The highest BCUT2D eigenvalue weighted by Crippen LogP contribution is 2.40. The summed E-state index contributed by atoms with van der Waals surface area (Å²) in [6.45, 7) is 2.01. The van der Waals surface area contributed by atoms with Crippen molar-refractivity contribution in [3.63, 3.8) is 0 Å². The van der Waals surface area contributed by atoms with Crippen LogP contribution in [0.25, 0.3) is 0 Å². The second-order valence-electron chi connectivity index (χ2n) is 4.61. The Bertz CT molecular complexity index is 616. The molecule has 5 nitrogen and oxygen atoms in total. The summed E-state index contributed by atoms with van der Waals surface area (Å²) in [6, 6.07) is 9.43. The number of anilines is 3. The lowest BCUT2D eigenvalue weighted by atomic mass is 10.1. The predicted molar refractivity (Wildman–Crippen MR) is 85.0 cm³/mol. The van der Waals surface area contributed by atoms with Crippen molar-refractivity contribution in [3.8, 4) is 17.2 Å². The first kappa shape index (κ1) is 14.8. The van der Waals surface area contributed by atoms with Crippen LogP contribution in [0.15, 0.2) is 30.3 Å². The average molecular weight is 288 g/mol. The number of benzene rings is 2. The fraction of sp³-hybridized carbons (Fsp3) is 0.250. The summed E-state index contributed by atoms with van der Waals surface area (Å²) < 4.78 is 16.0. The topological polar surface area (TPSA) is 65.7 Å². The maximum atomic E-state index is 5.83. The number of hydrogen-bond acceptors (Lipinski definition) is 5. The maximum Gasteiger partial charge on any atom is 0.203 e. The Labute approximate surface area is 124 Å². The van der Waals surface area contributed by atoms with Crippen LogP contribution in [0.1, 0.15) is 5.56 Å². The van der Waals surface area contributed by atoms with Gasteiger partial charge in [0.2, 0.25) is 5.75 Å². The van der Waals surface area contributed by atoms with E-state index in [0.717, 1.165) is 16.9 Å². The Morgan fingerprint density at radius 1 is 0.905 bits per heavy atom. The highest BCUT2D eigenvalue weighted by molar-refractivity contribution is 5.71. The zero-order valence-electron chi connectivity index (χ0n) is 12.7. The summed E-state index contributed by atoms with van der Waals surface area (Å²) in [7, 11) is 4.76. The number of nitrogens with two attached hydrogens (primary N) is 1. The summed E-state index contributed by atoms with van der Waals surface area (Å²) in [5.74, 6) is 1.76. The first-order valence-electron chi connectivity index (χ1n) is 6.52. The molecule has 0 spiro atoms. The average Bonchev–Trinajstić information content (AvgIpc) is 2.49. The van der Waals surface area contributed by atoms with E-state index in [1.165, 1.54) is 0 Å². The summed E-state index contributed by atoms with van der Waals surface area (Å²) in [4.78, 5) is 0. The van der Waals surface area contributed by atoms with E-state index in [1.54, 1.807) is 21.3 Å². The van der Waals surface area contributed by atoms with Crippen molar-refractivity contribution >= 4 is 17.1 Å². The maximum absolute atomic E-state index is 5.83. The van der Waals surface area contributed by atoms with E-state index in [1.807, 2.05) is 37.3 Å². The third-order valence-electron chi connectivity index (χ3n) is 3.21. The molecule has 0 atom stereocenters. The van der Waals surface area contributed by atoms with E-state index in [2.05, 4.69) is 5.32 Å². The molecule has 21 heavy (non-hydrogen) atoms. The smallest absolute Gasteiger partial charge is 0.203 e. The lowest BCUT2D eigenvalue weighted by Gasteiger charge is -2.16. The summed E-state index contributed by atoms with van der Waals surface area (Å²) in [5, 5.41) is 3.32. The number of nitrogen functional groups attached to an aromatic ring is 1. The minimum Gasteiger partial charge on any atom is -0.493 e. The quantitative estimate of drug-likeness (QED) is 0.826. The molecule has 5 heteroatoms. The first-order chi connectivity index (χ1) is 10.1. The van der Waals surface area contributed by atoms with Crippen LogP contribution in [0.2, 0.25) is 0 Å². The molecule has 2 rings (SSSR count). The monoisotopic (exact) mass is 288 g/mol. The molecule has 0 saturated heterocycles. The first-order valence-corrected chi connectivity index (χ1v) is 6.52. The van der Waals surface area contributed by atoms with Crippen molar-refractivity contribution in [2.45, 2.75) is 6.92 Å². The number of nitrogens with one attached hydrogen (secondary N) is 1. The molecule has 0 radical (unpaired) electrons. The van der Waals surface area contributed by atoms with Gasteiger partial charge in [0.25, 0.3) is 0 Å². The van der Waals surface area contributed by atoms with Crippen LogP contribution in [-0.4, -0.2) is 21.3 Å². The number of ether oxygens (including phenoxy) is 3. The Balaban J connectivity index is 2.42. The van der Waals surface area contributed by atoms with Crippen molar-refractivity contribution in [2.24, 2.45) is 0 Å². The van der Waals surface area contributed by atoms with Crippen molar-refractivity contribution in [2.75, 3.05) is 32.4 Å². The number of methoxy groups -OCH3 is 3. The van der Waals surface area contributed by atoms with Gasteiger partial charge < -0.3 is 25.3 Å². The molecule has 0 aliphatic rings. The van der Waals surface area contributed by atoms with Crippen molar-refractivity contribution in [1.29, 1.82) is 0 Å².